The van der Waals surface area contributed by atoms with Gasteiger partial charge < -0.3 is 10.8 Å². The molecule has 2 atom stereocenters. The van der Waals surface area contributed by atoms with Crippen molar-refractivity contribution in [3.05, 3.63) is 27.7 Å². The van der Waals surface area contributed by atoms with E-state index >= 15 is 0 Å². The Hall–Kier alpha value is -0.480. The lowest BCUT2D eigenvalue weighted by atomic mass is 9.91. The van der Waals surface area contributed by atoms with Crippen molar-refractivity contribution >= 4 is 28.9 Å². The summed E-state index contributed by atoms with van der Waals surface area (Å²) in [7, 11) is 0. The summed E-state index contributed by atoms with van der Waals surface area (Å²) < 4.78 is 0. The molecule has 1 aliphatic carbocycles. The SMILES string of the molecule is CCN(C1CCCCC1)C(C)C(O)c1cc(Cl)c(N)c(Cl)c1. The van der Waals surface area contributed by atoms with Crippen molar-refractivity contribution < 1.29 is 5.11 Å². The Kier molecular flexibility index (Phi) is 6.39. The van der Waals surface area contributed by atoms with E-state index in [-0.39, 0.29) is 6.04 Å². The van der Waals surface area contributed by atoms with Crippen molar-refractivity contribution in [2.45, 2.75) is 64.1 Å². The number of nitrogens with zero attached hydrogens (tertiary/aromatic N) is 1. The summed E-state index contributed by atoms with van der Waals surface area (Å²) in [5.74, 6) is 0. The number of nitrogens with two attached hydrogens (primary N) is 1. The van der Waals surface area contributed by atoms with Gasteiger partial charge in [0.05, 0.1) is 21.8 Å². The van der Waals surface area contributed by atoms with E-state index in [9.17, 15) is 5.11 Å². The van der Waals surface area contributed by atoms with Gasteiger partial charge in [-0.3, -0.25) is 4.90 Å². The number of anilines is 1. The number of nitrogen functional groups attached to an aromatic ring is 1. The predicted molar refractivity (Wildman–Crippen MR) is 94.5 cm³/mol. The first-order valence-electron chi connectivity index (χ1n) is 8.14. The molecule has 22 heavy (non-hydrogen) atoms. The number of hydrogen-bond acceptors (Lipinski definition) is 3. The first kappa shape index (κ1) is 17.9. The lowest BCUT2D eigenvalue weighted by Crippen LogP contribution is -2.45. The molecule has 0 heterocycles. The summed E-state index contributed by atoms with van der Waals surface area (Å²) in [5.41, 5.74) is 6.87. The summed E-state index contributed by atoms with van der Waals surface area (Å²) in [6.07, 6.45) is 5.70. The molecule has 1 aliphatic rings. The third-order valence-electron chi connectivity index (χ3n) is 4.83. The maximum atomic E-state index is 10.8. The molecule has 0 bridgehead atoms. The van der Waals surface area contributed by atoms with Gasteiger partial charge in [-0.25, -0.2) is 0 Å². The monoisotopic (exact) mass is 344 g/mol. The molecular weight excluding hydrogens is 319 g/mol. The zero-order valence-electron chi connectivity index (χ0n) is 13.4. The third-order valence-corrected chi connectivity index (χ3v) is 5.46. The van der Waals surface area contributed by atoms with E-state index in [0.717, 1.165) is 12.1 Å². The van der Waals surface area contributed by atoms with Gasteiger partial charge in [0, 0.05) is 12.1 Å². The van der Waals surface area contributed by atoms with Gasteiger partial charge in [0.1, 0.15) is 0 Å². The molecule has 0 amide bonds. The molecule has 0 spiro atoms. The van der Waals surface area contributed by atoms with E-state index < -0.39 is 6.10 Å². The van der Waals surface area contributed by atoms with Crippen LogP contribution >= 0.6 is 23.2 Å². The third kappa shape index (κ3) is 3.88. The largest absolute Gasteiger partial charge is 0.396 e. The summed E-state index contributed by atoms with van der Waals surface area (Å²) >= 11 is 12.2. The highest BCUT2D eigenvalue weighted by Gasteiger charge is 2.29. The van der Waals surface area contributed by atoms with Crippen molar-refractivity contribution in [3.8, 4) is 0 Å². The summed E-state index contributed by atoms with van der Waals surface area (Å²) in [5, 5.41) is 11.6. The number of likely N-dealkylation sites (N-methyl/N-ethyl adjacent to an activating group) is 1. The minimum atomic E-state index is -0.627. The quantitative estimate of drug-likeness (QED) is 0.764. The van der Waals surface area contributed by atoms with Crippen molar-refractivity contribution in [2.24, 2.45) is 0 Å². The first-order valence-corrected chi connectivity index (χ1v) is 8.89. The molecule has 2 unspecified atom stereocenters. The molecular formula is C17H26Cl2N2O. The summed E-state index contributed by atoms with van der Waals surface area (Å²) in [6, 6.07) is 4.02. The van der Waals surface area contributed by atoms with Crippen LogP contribution in [0.1, 0.15) is 57.6 Å². The molecule has 1 aromatic rings. The van der Waals surface area contributed by atoms with Crippen molar-refractivity contribution in [1.29, 1.82) is 0 Å². The van der Waals surface area contributed by atoms with Gasteiger partial charge >= 0.3 is 0 Å². The first-order chi connectivity index (χ1) is 10.5. The smallest absolute Gasteiger partial charge is 0.0943 e. The Morgan fingerprint density at radius 3 is 2.27 bits per heavy atom. The molecule has 1 fully saturated rings. The Balaban J connectivity index is 2.17. The number of aliphatic hydroxyl groups is 1. The summed E-state index contributed by atoms with van der Waals surface area (Å²) in [4.78, 5) is 2.40. The van der Waals surface area contributed by atoms with Gasteiger partial charge in [-0.05, 0) is 44.0 Å². The lowest BCUT2D eigenvalue weighted by molar-refractivity contribution is 0.0245. The van der Waals surface area contributed by atoms with Crippen LogP contribution in [0.25, 0.3) is 0 Å². The van der Waals surface area contributed by atoms with E-state index in [1.807, 2.05) is 0 Å². The molecule has 0 saturated heterocycles. The van der Waals surface area contributed by atoms with E-state index in [4.69, 9.17) is 28.9 Å². The van der Waals surface area contributed by atoms with Crippen molar-refractivity contribution in [1.82, 2.24) is 4.90 Å². The van der Waals surface area contributed by atoms with E-state index in [2.05, 4.69) is 18.7 Å². The molecule has 0 radical (unpaired) electrons. The fourth-order valence-corrected chi connectivity index (χ4v) is 4.03. The average Bonchev–Trinajstić information content (AvgIpc) is 2.53. The van der Waals surface area contributed by atoms with Crippen LogP contribution in [0.2, 0.25) is 10.0 Å². The standard InChI is InChI=1S/C17H26Cl2N2O/c1-3-21(13-7-5-4-6-8-13)11(2)17(22)12-9-14(18)16(20)15(19)10-12/h9-11,13,17,22H,3-8,20H2,1-2H3. The average molecular weight is 345 g/mol. The second-order valence-electron chi connectivity index (χ2n) is 6.21. The predicted octanol–water partition coefficient (Wildman–Crippen LogP) is 4.65. The van der Waals surface area contributed by atoms with E-state index in [1.54, 1.807) is 12.1 Å². The van der Waals surface area contributed by atoms with Gasteiger partial charge in [-0.1, -0.05) is 49.4 Å². The second kappa shape index (κ2) is 7.87. The Morgan fingerprint density at radius 2 is 1.77 bits per heavy atom. The van der Waals surface area contributed by atoms with Crippen LogP contribution in [0.4, 0.5) is 5.69 Å². The van der Waals surface area contributed by atoms with Crippen LogP contribution in [0.5, 0.6) is 0 Å². The van der Waals surface area contributed by atoms with Crippen molar-refractivity contribution in [3.63, 3.8) is 0 Å². The Bertz CT molecular complexity index is 480. The van der Waals surface area contributed by atoms with Crippen molar-refractivity contribution in [2.75, 3.05) is 12.3 Å². The zero-order chi connectivity index (χ0) is 16.3. The Labute approximate surface area is 143 Å². The van der Waals surface area contributed by atoms with Crippen LogP contribution in [0.15, 0.2) is 12.1 Å². The second-order valence-corrected chi connectivity index (χ2v) is 7.02. The molecule has 1 aromatic carbocycles. The van der Waals surface area contributed by atoms with Crippen LogP contribution in [-0.4, -0.2) is 28.6 Å². The highest BCUT2D eigenvalue weighted by molar-refractivity contribution is 6.38. The van der Waals surface area contributed by atoms with Gasteiger partial charge in [0.25, 0.3) is 0 Å². The molecule has 3 N–H and O–H groups in total. The molecule has 3 nitrogen and oxygen atoms in total. The number of aliphatic hydroxyl groups excluding tert-OH is 1. The number of hydrogen-bond donors (Lipinski definition) is 2. The lowest BCUT2D eigenvalue weighted by Gasteiger charge is -2.40. The molecule has 124 valence electrons. The Morgan fingerprint density at radius 1 is 1.23 bits per heavy atom. The minimum Gasteiger partial charge on any atom is -0.396 e. The molecule has 2 rings (SSSR count). The van der Waals surface area contributed by atoms with Crippen LogP contribution < -0.4 is 5.73 Å². The fourth-order valence-electron chi connectivity index (χ4n) is 3.53. The minimum absolute atomic E-state index is 0.0175. The topological polar surface area (TPSA) is 49.5 Å². The number of halogens is 2. The van der Waals surface area contributed by atoms with Gasteiger partial charge in [0.15, 0.2) is 0 Å². The molecule has 0 aliphatic heterocycles. The van der Waals surface area contributed by atoms with Gasteiger partial charge in [-0.2, -0.15) is 0 Å². The number of rotatable bonds is 5. The van der Waals surface area contributed by atoms with Crippen LogP contribution in [-0.2, 0) is 0 Å². The van der Waals surface area contributed by atoms with Crippen LogP contribution in [0, 0.1) is 0 Å². The fraction of sp³-hybridized carbons (Fsp3) is 0.647. The highest BCUT2D eigenvalue weighted by Crippen LogP contribution is 2.34. The normalized spacial score (nSPS) is 19.4. The van der Waals surface area contributed by atoms with E-state index in [1.165, 1.54) is 32.1 Å². The summed E-state index contributed by atoms with van der Waals surface area (Å²) in [6.45, 7) is 5.15. The molecule has 1 saturated carbocycles. The zero-order valence-corrected chi connectivity index (χ0v) is 14.9. The molecule has 0 aromatic heterocycles. The maximum absolute atomic E-state index is 10.8. The number of benzene rings is 1. The van der Waals surface area contributed by atoms with Gasteiger partial charge in [0.2, 0.25) is 0 Å². The highest BCUT2D eigenvalue weighted by atomic mass is 35.5. The maximum Gasteiger partial charge on any atom is 0.0943 e. The van der Waals surface area contributed by atoms with Gasteiger partial charge in [-0.15, -0.1) is 0 Å². The van der Waals surface area contributed by atoms with E-state index in [0.29, 0.717) is 21.8 Å². The molecule has 5 heteroatoms. The van der Waals surface area contributed by atoms with Crippen LogP contribution in [0.3, 0.4) is 0 Å².